The van der Waals surface area contributed by atoms with Gasteiger partial charge in [-0.2, -0.15) is 0 Å². The number of quaternary nitrogens is 1. The van der Waals surface area contributed by atoms with Crippen molar-refractivity contribution in [2.24, 2.45) is 23.2 Å². The number of aliphatic hydroxyl groups excluding tert-OH is 1. The molecule has 2 N–H and O–H groups in total. The van der Waals surface area contributed by atoms with E-state index in [-0.39, 0.29) is 6.10 Å². The third-order valence-corrected chi connectivity index (χ3v) is 7.45. The van der Waals surface area contributed by atoms with Crippen LogP contribution in [0.25, 0.3) is 0 Å². The average molecular weight is 353 g/mol. The molecule has 4 heteroatoms. The predicted octanol–water partition coefficient (Wildman–Crippen LogP) is 1.67. The van der Waals surface area contributed by atoms with Crippen LogP contribution in [0.3, 0.4) is 0 Å². The lowest BCUT2D eigenvalue weighted by Crippen LogP contribution is -3.15. The maximum Gasteiger partial charge on any atom is 0.126 e. The summed E-state index contributed by atoms with van der Waals surface area (Å²) >= 11 is 0. The quantitative estimate of drug-likeness (QED) is 0.621. The summed E-state index contributed by atoms with van der Waals surface area (Å²) in [4.78, 5) is 1.45. The maximum absolute atomic E-state index is 10.1. The molecule has 0 radical (unpaired) electrons. The van der Waals surface area contributed by atoms with Gasteiger partial charge >= 0.3 is 0 Å². The van der Waals surface area contributed by atoms with E-state index in [9.17, 15) is 5.11 Å². The summed E-state index contributed by atoms with van der Waals surface area (Å²) in [7, 11) is 0. The first-order valence-electron chi connectivity index (χ1n) is 10.9. The van der Waals surface area contributed by atoms with Gasteiger partial charge in [-0.3, -0.25) is 0 Å². The number of ether oxygens (including phenoxy) is 2. The fourth-order valence-electron chi connectivity index (χ4n) is 6.78. The summed E-state index contributed by atoms with van der Waals surface area (Å²) in [6.45, 7) is 5.81. The van der Waals surface area contributed by atoms with Crippen LogP contribution in [-0.2, 0) is 9.47 Å². The molecule has 0 unspecified atom stereocenters. The van der Waals surface area contributed by atoms with E-state index in [1.807, 2.05) is 0 Å². The van der Waals surface area contributed by atoms with Gasteiger partial charge in [0.2, 0.25) is 0 Å². The summed E-state index contributed by atoms with van der Waals surface area (Å²) in [5.41, 5.74) is 0.716. The fraction of sp³-hybridized carbons (Fsp3) is 1.00. The Bertz CT molecular complexity index is 386. The standard InChI is InChI=1S/C21H37NO3/c23-20(15-22-4-7-24-8-5-22)16-25-6-2-1-3-21-12-17-9-18(13-21)11-19(10-17)14-21/h17-20,23H,1-16H2/p+1/t17?,18?,19?,20-,21?/m0/s1. The molecule has 1 saturated heterocycles. The van der Waals surface area contributed by atoms with Crippen molar-refractivity contribution >= 4 is 0 Å². The molecule has 1 heterocycles. The lowest BCUT2D eigenvalue weighted by molar-refractivity contribution is -0.911. The smallest absolute Gasteiger partial charge is 0.126 e. The monoisotopic (exact) mass is 352 g/mol. The molecule has 0 spiro atoms. The molecule has 4 nitrogen and oxygen atoms in total. The zero-order valence-electron chi connectivity index (χ0n) is 15.9. The van der Waals surface area contributed by atoms with Crippen LogP contribution in [-0.4, -0.2) is 57.3 Å². The first kappa shape index (κ1) is 18.2. The van der Waals surface area contributed by atoms with Crippen LogP contribution < -0.4 is 4.90 Å². The summed E-state index contributed by atoms with van der Waals surface area (Å²) in [5.74, 6) is 3.21. The van der Waals surface area contributed by atoms with Gasteiger partial charge in [0.1, 0.15) is 25.7 Å². The number of nitrogens with one attached hydrogen (secondary N) is 1. The van der Waals surface area contributed by atoms with Crippen molar-refractivity contribution in [1.29, 1.82) is 0 Å². The lowest BCUT2D eigenvalue weighted by Gasteiger charge is -2.57. The Balaban J connectivity index is 1.07. The minimum Gasteiger partial charge on any atom is -0.385 e. The topological polar surface area (TPSA) is 43.1 Å². The predicted molar refractivity (Wildman–Crippen MR) is 97.7 cm³/mol. The number of hydrogen-bond donors (Lipinski definition) is 2. The van der Waals surface area contributed by atoms with Gasteiger partial charge in [-0.25, -0.2) is 0 Å². The van der Waals surface area contributed by atoms with Crippen LogP contribution in [0.4, 0.5) is 0 Å². The molecule has 4 aliphatic carbocycles. The van der Waals surface area contributed by atoms with Crippen molar-refractivity contribution in [3.8, 4) is 0 Å². The van der Waals surface area contributed by atoms with Gasteiger partial charge in [-0.05, 0) is 74.5 Å². The normalized spacial score (nSPS) is 39.0. The van der Waals surface area contributed by atoms with Crippen LogP contribution in [0.1, 0.15) is 57.8 Å². The SMILES string of the molecule is O[C@H](COCCCCC12CC3CC(CC(C3)C1)C2)C[NH+]1CCOCC1. The number of hydrogen-bond acceptors (Lipinski definition) is 3. The van der Waals surface area contributed by atoms with Gasteiger partial charge in [0.15, 0.2) is 0 Å². The highest BCUT2D eigenvalue weighted by Gasteiger charge is 2.50. The molecular formula is C21H38NO3+. The molecule has 5 fully saturated rings. The second kappa shape index (κ2) is 8.24. The maximum atomic E-state index is 10.1. The average Bonchev–Trinajstić information content (AvgIpc) is 2.57. The lowest BCUT2D eigenvalue weighted by atomic mass is 9.48. The summed E-state index contributed by atoms with van der Waals surface area (Å²) < 4.78 is 11.1. The van der Waals surface area contributed by atoms with Crippen molar-refractivity contribution in [2.45, 2.75) is 63.9 Å². The molecule has 5 rings (SSSR count). The number of rotatable bonds is 9. The van der Waals surface area contributed by atoms with Crippen molar-refractivity contribution in [2.75, 3.05) is 46.1 Å². The van der Waals surface area contributed by atoms with Crippen molar-refractivity contribution in [3.05, 3.63) is 0 Å². The van der Waals surface area contributed by atoms with Crippen LogP contribution in [0.15, 0.2) is 0 Å². The van der Waals surface area contributed by atoms with Gasteiger partial charge in [0.25, 0.3) is 0 Å². The summed E-state index contributed by atoms with van der Waals surface area (Å²) in [6, 6.07) is 0. The first-order chi connectivity index (χ1) is 12.2. The Morgan fingerprint density at radius 3 is 2.28 bits per heavy atom. The number of aliphatic hydroxyl groups is 1. The Morgan fingerprint density at radius 2 is 1.64 bits per heavy atom. The molecule has 0 aromatic carbocycles. The largest absolute Gasteiger partial charge is 0.385 e. The highest BCUT2D eigenvalue weighted by molar-refractivity contribution is 5.01. The molecule has 4 bridgehead atoms. The molecule has 0 amide bonds. The highest BCUT2D eigenvalue weighted by atomic mass is 16.5. The minimum atomic E-state index is -0.323. The zero-order valence-corrected chi connectivity index (χ0v) is 15.9. The van der Waals surface area contributed by atoms with Gasteiger partial charge < -0.3 is 19.5 Å². The van der Waals surface area contributed by atoms with Crippen LogP contribution in [0.2, 0.25) is 0 Å². The second-order valence-corrected chi connectivity index (χ2v) is 9.67. The van der Waals surface area contributed by atoms with Gasteiger partial charge in [-0.1, -0.05) is 6.42 Å². The second-order valence-electron chi connectivity index (χ2n) is 9.67. The molecule has 1 atom stereocenters. The van der Waals surface area contributed by atoms with E-state index in [0.717, 1.165) is 57.2 Å². The van der Waals surface area contributed by atoms with E-state index in [0.29, 0.717) is 12.0 Å². The zero-order chi connectivity index (χ0) is 17.1. The van der Waals surface area contributed by atoms with Crippen LogP contribution in [0, 0.1) is 23.2 Å². The van der Waals surface area contributed by atoms with Crippen molar-refractivity contribution < 1.29 is 19.5 Å². The molecule has 25 heavy (non-hydrogen) atoms. The Morgan fingerprint density at radius 1 is 1.00 bits per heavy atom. The first-order valence-corrected chi connectivity index (χ1v) is 10.9. The van der Waals surface area contributed by atoms with Crippen LogP contribution >= 0.6 is 0 Å². The molecule has 4 saturated carbocycles. The van der Waals surface area contributed by atoms with E-state index in [4.69, 9.17) is 9.47 Å². The molecular weight excluding hydrogens is 314 g/mol. The van der Waals surface area contributed by atoms with Crippen molar-refractivity contribution in [1.82, 2.24) is 0 Å². The fourth-order valence-corrected chi connectivity index (χ4v) is 6.78. The highest BCUT2D eigenvalue weighted by Crippen LogP contribution is 2.61. The van der Waals surface area contributed by atoms with E-state index in [2.05, 4.69) is 0 Å². The minimum absolute atomic E-state index is 0.323. The van der Waals surface area contributed by atoms with E-state index < -0.39 is 0 Å². The third kappa shape index (κ3) is 4.77. The molecule has 5 aliphatic rings. The van der Waals surface area contributed by atoms with Gasteiger partial charge in [0.05, 0.1) is 19.8 Å². The van der Waals surface area contributed by atoms with E-state index >= 15 is 0 Å². The molecule has 1 aliphatic heterocycles. The van der Waals surface area contributed by atoms with E-state index in [1.54, 1.807) is 19.3 Å². The molecule has 0 aromatic rings. The Labute approximate surface area is 153 Å². The van der Waals surface area contributed by atoms with Crippen molar-refractivity contribution in [3.63, 3.8) is 0 Å². The summed E-state index contributed by atoms with van der Waals surface area (Å²) in [5, 5.41) is 10.1. The third-order valence-electron chi connectivity index (χ3n) is 7.45. The Hall–Kier alpha value is -0.160. The van der Waals surface area contributed by atoms with Gasteiger partial charge in [-0.15, -0.1) is 0 Å². The van der Waals surface area contributed by atoms with Gasteiger partial charge in [0, 0.05) is 6.61 Å². The number of unbranched alkanes of at least 4 members (excludes halogenated alkanes) is 1. The molecule has 0 aromatic heterocycles. The number of morpholine rings is 1. The van der Waals surface area contributed by atoms with E-state index in [1.165, 1.54) is 43.4 Å². The van der Waals surface area contributed by atoms with Crippen LogP contribution in [0.5, 0.6) is 0 Å². The molecule has 144 valence electrons. The Kier molecular flexibility index (Phi) is 6.01. The summed E-state index contributed by atoms with van der Waals surface area (Å²) in [6.07, 6.45) is 12.8.